The summed E-state index contributed by atoms with van der Waals surface area (Å²) in [5, 5.41) is 0.454. The molecule has 0 amide bonds. The van der Waals surface area contributed by atoms with Crippen LogP contribution in [0.15, 0.2) is 48.5 Å². The smallest absolute Gasteiger partial charge is 0.367 e. The minimum Gasteiger partial charge on any atom is -0.367 e. The van der Waals surface area contributed by atoms with Crippen molar-refractivity contribution in [3.05, 3.63) is 69.4 Å². The van der Waals surface area contributed by atoms with Crippen LogP contribution in [0.25, 0.3) is 31.3 Å². The van der Waals surface area contributed by atoms with Gasteiger partial charge in [-0.1, -0.05) is 36.4 Å². The molecular formula is C28H24F6OS2. The Balaban J connectivity index is 1.96. The number of allylic oxidation sites excluding steroid dienone is 2. The van der Waals surface area contributed by atoms with Crippen LogP contribution >= 0.6 is 22.7 Å². The molecule has 5 rings (SSSR count). The van der Waals surface area contributed by atoms with Crippen LogP contribution in [0.5, 0.6) is 0 Å². The van der Waals surface area contributed by atoms with Gasteiger partial charge in [0, 0.05) is 52.2 Å². The number of thiophene rings is 2. The van der Waals surface area contributed by atoms with Crippen molar-refractivity contribution in [2.24, 2.45) is 0 Å². The van der Waals surface area contributed by atoms with E-state index in [1.165, 1.54) is 19.1 Å². The molecule has 1 nitrogen and oxygen atoms in total. The van der Waals surface area contributed by atoms with Crippen LogP contribution in [0.1, 0.15) is 54.7 Å². The van der Waals surface area contributed by atoms with Gasteiger partial charge in [0.1, 0.15) is 0 Å². The van der Waals surface area contributed by atoms with E-state index in [9.17, 15) is 0 Å². The van der Waals surface area contributed by atoms with E-state index in [0.717, 1.165) is 22.7 Å². The number of rotatable bonds is 4. The second-order valence-corrected chi connectivity index (χ2v) is 12.6. The number of aryl methyl sites for hydroxylation is 1. The molecule has 0 bridgehead atoms. The lowest BCUT2D eigenvalue weighted by molar-refractivity contribution is -0.254. The molecule has 0 saturated heterocycles. The molecule has 2 aromatic carbocycles. The first-order valence-electron chi connectivity index (χ1n) is 11.7. The van der Waals surface area contributed by atoms with Crippen molar-refractivity contribution < 1.29 is 31.1 Å². The van der Waals surface area contributed by atoms with Crippen LogP contribution in [-0.2, 0) is 4.74 Å². The standard InChI is InChI=1S/C28H24F6OS2/c1-14(35-25(3,4)5)24-21(17-11-7-9-13-19(17)37-24)23-22(26(29,30)28(33,34)27(23,31)32)20-15(2)36-18-12-8-6-10-16(18)20/h6-14H,1-5H3/t14-/m0/s1. The average Bonchev–Trinajstić information content (AvgIpc) is 3.35. The van der Waals surface area contributed by atoms with Crippen molar-refractivity contribution in [3.8, 4) is 0 Å². The summed E-state index contributed by atoms with van der Waals surface area (Å²) in [5.41, 5.74) is -3.90. The maximum absolute atomic E-state index is 15.8. The van der Waals surface area contributed by atoms with Crippen molar-refractivity contribution in [2.75, 3.05) is 0 Å². The molecule has 0 unspecified atom stereocenters. The fourth-order valence-electron chi connectivity index (χ4n) is 5.06. The number of ether oxygens (including phenoxy) is 1. The van der Waals surface area contributed by atoms with Crippen molar-refractivity contribution in [2.45, 2.75) is 64.1 Å². The zero-order valence-corrected chi connectivity index (χ0v) is 22.3. The molecule has 1 atom stereocenters. The summed E-state index contributed by atoms with van der Waals surface area (Å²) in [6.45, 7) is 8.43. The van der Waals surface area contributed by atoms with Gasteiger partial charge in [0.25, 0.3) is 0 Å². The lowest BCUT2D eigenvalue weighted by atomic mass is 9.91. The quantitative estimate of drug-likeness (QED) is 0.228. The van der Waals surface area contributed by atoms with Crippen molar-refractivity contribution >= 4 is 54.0 Å². The van der Waals surface area contributed by atoms with Crippen LogP contribution < -0.4 is 0 Å². The SMILES string of the molecule is Cc1sc2ccccc2c1C1=C(c2c([C@H](C)OC(C)(C)C)sc3ccccc23)C(F)(F)C(F)(F)C1(F)F. The molecule has 4 aromatic rings. The average molecular weight is 555 g/mol. The highest BCUT2D eigenvalue weighted by Gasteiger charge is 2.80. The van der Waals surface area contributed by atoms with E-state index in [1.54, 1.807) is 64.1 Å². The summed E-state index contributed by atoms with van der Waals surface area (Å²) >= 11 is 2.20. The predicted octanol–water partition coefficient (Wildman–Crippen LogP) is 10.1. The molecule has 196 valence electrons. The third kappa shape index (κ3) is 3.76. The molecule has 2 aromatic heterocycles. The Morgan fingerprint density at radius 3 is 1.73 bits per heavy atom. The monoisotopic (exact) mass is 554 g/mol. The van der Waals surface area contributed by atoms with Gasteiger partial charge in [0.05, 0.1) is 11.7 Å². The van der Waals surface area contributed by atoms with Gasteiger partial charge >= 0.3 is 17.8 Å². The molecule has 37 heavy (non-hydrogen) atoms. The Hall–Kier alpha value is -2.36. The summed E-state index contributed by atoms with van der Waals surface area (Å²) < 4.78 is 100. The zero-order valence-electron chi connectivity index (χ0n) is 20.7. The van der Waals surface area contributed by atoms with Crippen molar-refractivity contribution in [3.63, 3.8) is 0 Å². The van der Waals surface area contributed by atoms with E-state index in [2.05, 4.69) is 0 Å². The van der Waals surface area contributed by atoms with Gasteiger partial charge in [-0.05, 0) is 46.8 Å². The van der Waals surface area contributed by atoms with Crippen LogP contribution in [0, 0.1) is 6.92 Å². The first-order valence-corrected chi connectivity index (χ1v) is 13.3. The van der Waals surface area contributed by atoms with Gasteiger partial charge < -0.3 is 4.74 Å². The fourth-order valence-corrected chi connectivity index (χ4v) is 7.32. The zero-order chi connectivity index (χ0) is 27.1. The number of hydrogen-bond acceptors (Lipinski definition) is 3. The molecule has 1 aliphatic carbocycles. The highest BCUT2D eigenvalue weighted by Crippen LogP contribution is 2.67. The first kappa shape index (κ1) is 26.3. The van der Waals surface area contributed by atoms with Gasteiger partial charge in [0.15, 0.2) is 0 Å². The van der Waals surface area contributed by atoms with E-state index in [1.807, 2.05) is 0 Å². The Labute approximate surface area is 218 Å². The number of hydrogen-bond donors (Lipinski definition) is 0. The molecule has 0 aliphatic heterocycles. The second kappa shape index (κ2) is 8.32. The molecule has 0 saturated carbocycles. The van der Waals surface area contributed by atoms with Gasteiger partial charge in [0.2, 0.25) is 0 Å². The lowest BCUT2D eigenvalue weighted by Crippen LogP contribution is -2.49. The van der Waals surface area contributed by atoms with Gasteiger partial charge in [-0.15, -0.1) is 22.7 Å². The van der Waals surface area contributed by atoms with Crippen molar-refractivity contribution in [1.29, 1.82) is 0 Å². The summed E-state index contributed by atoms with van der Waals surface area (Å²) in [6.07, 6.45) is -0.819. The molecule has 0 fully saturated rings. The summed E-state index contributed by atoms with van der Waals surface area (Å²) in [7, 11) is 0. The minimum absolute atomic E-state index is 0.203. The summed E-state index contributed by atoms with van der Waals surface area (Å²) in [4.78, 5) is 0.468. The summed E-state index contributed by atoms with van der Waals surface area (Å²) in [5.74, 6) is -15.9. The van der Waals surface area contributed by atoms with Gasteiger partial charge in [-0.25, -0.2) is 0 Å². The summed E-state index contributed by atoms with van der Waals surface area (Å²) in [6, 6.07) is 12.8. The van der Waals surface area contributed by atoms with Crippen LogP contribution in [-0.4, -0.2) is 23.4 Å². The minimum atomic E-state index is -5.63. The molecule has 0 radical (unpaired) electrons. The second-order valence-electron chi connectivity index (χ2n) is 10.2. The third-order valence-corrected chi connectivity index (χ3v) is 8.88. The molecule has 2 heterocycles. The maximum Gasteiger partial charge on any atom is 0.380 e. The molecule has 0 spiro atoms. The highest BCUT2D eigenvalue weighted by molar-refractivity contribution is 7.19. The molecule has 1 aliphatic rings. The molecule has 0 N–H and O–H groups in total. The van der Waals surface area contributed by atoms with Gasteiger partial charge in [-0.3, -0.25) is 0 Å². The number of halogens is 6. The molecule has 9 heteroatoms. The predicted molar refractivity (Wildman–Crippen MR) is 139 cm³/mol. The van der Waals surface area contributed by atoms with E-state index in [0.29, 0.717) is 9.40 Å². The number of alkyl halides is 6. The normalized spacial score (nSPS) is 19.8. The topological polar surface area (TPSA) is 9.23 Å². The lowest BCUT2D eigenvalue weighted by Gasteiger charge is -2.27. The van der Waals surface area contributed by atoms with Gasteiger partial charge in [-0.2, -0.15) is 26.3 Å². The van der Waals surface area contributed by atoms with E-state index in [-0.39, 0.29) is 31.7 Å². The Bertz CT molecular complexity index is 1550. The van der Waals surface area contributed by atoms with Crippen LogP contribution in [0.3, 0.4) is 0 Å². The van der Waals surface area contributed by atoms with E-state index < -0.39 is 40.6 Å². The first-order chi connectivity index (χ1) is 17.1. The Kier molecular flexibility index (Phi) is 5.90. The van der Waals surface area contributed by atoms with Crippen LogP contribution in [0.2, 0.25) is 0 Å². The van der Waals surface area contributed by atoms with E-state index >= 15 is 26.3 Å². The Morgan fingerprint density at radius 1 is 0.730 bits per heavy atom. The van der Waals surface area contributed by atoms with Crippen LogP contribution in [0.4, 0.5) is 26.3 Å². The fraction of sp³-hybridized carbons (Fsp3) is 0.357. The van der Waals surface area contributed by atoms with E-state index in [4.69, 9.17) is 4.74 Å². The van der Waals surface area contributed by atoms with Crippen molar-refractivity contribution in [1.82, 2.24) is 0 Å². The number of fused-ring (bicyclic) bond motifs is 2. The number of benzene rings is 2. The molecular weight excluding hydrogens is 530 g/mol. The maximum atomic E-state index is 15.8. The third-order valence-electron chi connectivity index (χ3n) is 6.46. The Morgan fingerprint density at radius 2 is 1.19 bits per heavy atom. The highest BCUT2D eigenvalue weighted by atomic mass is 32.1. The largest absolute Gasteiger partial charge is 0.380 e.